The van der Waals surface area contributed by atoms with E-state index in [1.54, 1.807) is 19.9 Å². The van der Waals surface area contributed by atoms with E-state index in [-0.39, 0.29) is 25.4 Å². The first-order valence-corrected chi connectivity index (χ1v) is 14.5. The van der Waals surface area contributed by atoms with E-state index in [4.69, 9.17) is 33.2 Å². The van der Waals surface area contributed by atoms with Gasteiger partial charge in [-0.1, -0.05) is 13.8 Å². The first-order chi connectivity index (χ1) is 19.5. The molecule has 0 radical (unpaired) electrons. The van der Waals surface area contributed by atoms with Crippen LogP contribution in [0.5, 0.6) is 0 Å². The summed E-state index contributed by atoms with van der Waals surface area (Å²) in [6.45, 7) is 12.6. The maximum Gasteiger partial charge on any atom is 0.342 e. The predicted octanol–water partition coefficient (Wildman–Crippen LogP) is 2.48. The fraction of sp³-hybridized carbons (Fsp3) is 0.767. The second-order valence-corrected chi connectivity index (χ2v) is 12.7. The van der Waals surface area contributed by atoms with Crippen LogP contribution in [0.4, 0.5) is 0 Å². The molecule has 12 nitrogen and oxygen atoms in total. The molecule has 0 amide bonds. The van der Waals surface area contributed by atoms with Gasteiger partial charge >= 0.3 is 29.8 Å². The maximum atomic E-state index is 13.2. The van der Waals surface area contributed by atoms with Gasteiger partial charge in [0.15, 0.2) is 17.3 Å². The minimum absolute atomic E-state index is 0.00145. The normalized spacial score (nSPS) is 44.9. The topological polar surface area (TPSA) is 157 Å². The quantitative estimate of drug-likeness (QED) is 0.192. The molecule has 0 aromatic heterocycles. The Morgan fingerprint density at radius 1 is 0.929 bits per heavy atom. The van der Waals surface area contributed by atoms with Crippen molar-refractivity contribution in [3.05, 3.63) is 11.6 Å². The van der Waals surface area contributed by atoms with Gasteiger partial charge in [0.2, 0.25) is 0 Å². The van der Waals surface area contributed by atoms with E-state index < -0.39 is 88.5 Å². The second-order valence-electron chi connectivity index (χ2n) is 12.7. The zero-order valence-electron chi connectivity index (χ0n) is 25.3. The standard InChI is InChI=1S/C30H40O12/c1-9-10-23(34)39-19-12-18(36-15(3)31)14(2)11-22-30(29(8,42-30)26(35)40-22)25(38-17(5)33)24-27(19,6)20(37-16(4)32)13-21-28(24,7)41-21/h11,18-22,24-25H,9-10,12-13H2,1-8H3/t18-,19+,20+,21+,22+,24-,25+,27+,28+,29+,30-/m1/s1. The van der Waals surface area contributed by atoms with E-state index in [1.165, 1.54) is 20.8 Å². The highest BCUT2D eigenvalue weighted by Gasteiger charge is 2.89. The fourth-order valence-electron chi connectivity index (χ4n) is 7.81. The lowest BCUT2D eigenvalue weighted by Gasteiger charge is -2.54. The number of esters is 5. The zero-order valence-corrected chi connectivity index (χ0v) is 25.3. The van der Waals surface area contributed by atoms with Crippen LogP contribution in [-0.2, 0) is 57.1 Å². The Labute approximate surface area is 244 Å². The lowest BCUT2D eigenvalue weighted by molar-refractivity contribution is -0.216. The molecule has 0 bridgehead atoms. The summed E-state index contributed by atoms with van der Waals surface area (Å²) in [4.78, 5) is 63.9. The molecule has 3 aliphatic heterocycles. The molecule has 3 heterocycles. The summed E-state index contributed by atoms with van der Waals surface area (Å²) in [7, 11) is 0. The number of ether oxygens (including phenoxy) is 7. The molecule has 0 aromatic rings. The van der Waals surface area contributed by atoms with E-state index in [1.807, 2.05) is 20.8 Å². The molecule has 5 aliphatic rings. The highest BCUT2D eigenvalue weighted by atomic mass is 16.7. The Morgan fingerprint density at radius 3 is 2.12 bits per heavy atom. The van der Waals surface area contributed by atoms with Gasteiger partial charge in [0.25, 0.3) is 0 Å². The molecule has 5 rings (SSSR count). The molecule has 42 heavy (non-hydrogen) atoms. The van der Waals surface area contributed by atoms with Crippen LogP contribution in [0.2, 0.25) is 0 Å². The summed E-state index contributed by atoms with van der Waals surface area (Å²) in [5.41, 5.74) is -4.63. The Hall–Kier alpha value is -2.99. The van der Waals surface area contributed by atoms with Crippen LogP contribution in [0.3, 0.4) is 0 Å². The molecule has 2 aliphatic carbocycles. The van der Waals surface area contributed by atoms with E-state index in [0.717, 1.165) is 0 Å². The summed E-state index contributed by atoms with van der Waals surface area (Å²) in [6.07, 6.45) is -2.70. The smallest absolute Gasteiger partial charge is 0.342 e. The number of epoxide rings is 2. The van der Waals surface area contributed by atoms with Crippen LogP contribution in [0.25, 0.3) is 0 Å². The fourth-order valence-corrected chi connectivity index (χ4v) is 7.81. The molecule has 1 saturated carbocycles. The van der Waals surface area contributed by atoms with Crippen molar-refractivity contribution in [2.24, 2.45) is 11.3 Å². The third-order valence-electron chi connectivity index (χ3n) is 9.92. The second kappa shape index (κ2) is 10.0. The van der Waals surface area contributed by atoms with E-state index in [9.17, 15) is 24.0 Å². The average Bonchev–Trinajstić information content (AvgIpc) is 3.70. The lowest BCUT2D eigenvalue weighted by Crippen LogP contribution is -2.66. The molecule has 1 spiro atoms. The van der Waals surface area contributed by atoms with Gasteiger partial charge in [-0.25, -0.2) is 4.79 Å². The Morgan fingerprint density at radius 2 is 1.55 bits per heavy atom. The molecular formula is C30H40O12. The summed E-state index contributed by atoms with van der Waals surface area (Å²) in [6, 6.07) is 0. The van der Waals surface area contributed by atoms with Crippen LogP contribution in [0.1, 0.15) is 81.1 Å². The van der Waals surface area contributed by atoms with Crippen LogP contribution in [0.15, 0.2) is 11.6 Å². The van der Waals surface area contributed by atoms with Crippen molar-refractivity contribution in [1.29, 1.82) is 0 Å². The molecular weight excluding hydrogens is 552 g/mol. The Bertz CT molecular complexity index is 1240. The van der Waals surface area contributed by atoms with Gasteiger partial charge < -0.3 is 33.2 Å². The first kappa shape index (κ1) is 30.5. The van der Waals surface area contributed by atoms with Gasteiger partial charge in [-0.15, -0.1) is 0 Å². The van der Waals surface area contributed by atoms with Crippen molar-refractivity contribution < 1.29 is 57.1 Å². The maximum absolute atomic E-state index is 13.2. The summed E-state index contributed by atoms with van der Waals surface area (Å²) >= 11 is 0. The zero-order chi connectivity index (χ0) is 31.0. The third-order valence-corrected chi connectivity index (χ3v) is 9.92. The molecule has 0 aromatic carbocycles. The summed E-state index contributed by atoms with van der Waals surface area (Å²) in [5, 5.41) is 0. The molecule has 232 valence electrons. The van der Waals surface area contributed by atoms with Gasteiger partial charge in [0.1, 0.15) is 24.4 Å². The first-order valence-electron chi connectivity index (χ1n) is 14.5. The molecule has 11 atom stereocenters. The monoisotopic (exact) mass is 592 g/mol. The lowest BCUT2D eigenvalue weighted by atomic mass is 9.53. The van der Waals surface area contributed by atoms with Crippen LogP contribution < -0.4 is 0 Å². The molecule has 0 N–H and O–H groups in total. The molecule has 3 saturated heterocycles. The highest BCUT2D eigenvalue weighted by molar-refractivity contribution is 5.89. The minimum atomic E-state index is -1.48. The Balaban J connectivity index is 1.78. The molecule has 0 unspecified atom stereocenters. The van der Waals surface area contributed by atoms with E-state index in [0.29, 0.717) is 12.0 Å². The van der Waals surface area contributed by atoms with Crippen molar-refractivity contribution >= 4 is 29.8 Å². The number of hydrogen-bond acceptors (Lipinski definition) is 12. The number of fused-ring (bicyclic) bond motifs is 3. The van der Waals surface area contributed by atoms with Gasteiger partial charge in [0.05, 0.1) is 17.1 Å². The summed E-state index contributed by atoms with van der Waals surface area (Å²) < 4.78 is 42.3. The minimum Gasteiger partial charge on any atom is -0.462 e. The van der Waals surface area contributed by atoms with Crippen molar-refractivity contribution in [1.82, 2.24) is 0 Å². The number of carbonyl (C=O) groups is 5. The number of rotatable bonds is 6. The Kier molecular flexibility index (Phi) is 7.28. The molecule has 12 heteroatoms. The van der Waals surface area contributed by atoms with Crippen molar-refractivity contribution in [3.8, 4) is 0 Å². The average molecular weight is 593 g/mol. The van der Waals surface area contributed by atoms with E-state index >= 15 is 0 Å². The van der Waals surface area contributed by atoms with Gasteiger partial charge in [-0.05, 0) is 38.8 Å². The summed E-state index contributed by atoms with van der Waals surface area (Å²) in [5.74, 6) is -3.68. The van der Waals surface area contributed by atoms with Crippen molar-refractivity contribution in [2.75, 3.05) is 0 Å². The predicted molar refractivity (Wildman–Crippen MR) is 141 cm³/mol. The molecule has 4 fully saturated rings. The number of carbonyl (C=O) groups excluding carboxylic acids is 5. The van der Waals surface area contributed by atoms with Gasteiger partial charge in [0, 0.05) is 46.0 Å². The third kappa shape index (κ3) is 4.44. The van der Waals surface area contributed by atoms with E-state index in [2.05, 4.69) is 0 Å². The van der Waals surface area contributed by atoms with Crippen molar-refractivity contribution in [2.45, 2.75) is 135 Å². The largest absolute Gasteiger partial charge is 0.462 e. The van der Waals surface area contributed by atoms with Crippen LogP contribution in [0, 0.1) is 11.3 Å². The van der Waals surface area contributed by atoms with Crippen molar-refractivity contribution in [3.63, 3.8) is 0 Å². The SMILES string of the molecule is CCCC(=O)O[C@H]1C[C@@H](OC(C)=O)C(C)=C[C@@H]2OC(=O)[C@]3(C)O[C@@]23[C@@H](OC(C)=O)[C@H]2[C@@]3(C)O[C@H]3C[C@H](OC(C)=O)[C@]12C. The number of hydrogen-bond donors (Lipinski definition) is 0. The highest BCUT2D eigenvalue weighted by Crippen LogP contribution is 2.69. The van der Waals surface area contributed by atoms with Crippen LogP contribution >= 0.6 is 0 Å². The van der Waals surface area contributed by atoms with Crippen LogP contribution in [-0.4, -0.2) is 83.3 Å². The van der Waals surface area contributed by atoms with Gasteiger partial charge in [-0.2, -0.15) is 0 Å². The van der Waals surface area contributed by atoms with Gasteiger partial charge in [-0.3, -0.25) is 19.2 Å².